The maximum absolute atomic E-state index is 11.3. The van der Waals surface area contributed by atoms with Crippen molar-refractivity contribution in [1.82, 2.24) is 5.32 Å². The van der Waals surface area contributed by atoms with Crippen molar-refractivity contribution in [2.45, 2.75) is 6.42 Å². The highest BCUT2D eigenvalue weighted by Crippen LogP contribution is 2.41. The van der Waals surface area contributed by atoms with Gasteiger partial charge >= 0.3 is 5.97 Å². The van der Waals surface area contributed by atoms with Gasteiger partial charge in [0.15, 0.2) is 9.84 Å². The summed E-state index contributed by atoms with van der Waals surface area (Å²) in [5.74, 6) is -1.26. The Kier molecular flexibility index (Phi) is 2.08. The highest BCUT2D eigenvalue weighted by atomic mass is 32.2. The molecule has 1 spiro atoms. The SMILES string of the molecule is O=C(O)C1CNCC12CCS(=O)(=O)C2. The molecule has 2 N–H and O–H groups in total. The molecule has 2 aliphatic heterocycles. The van der Waals surface area contributed by atoms with Crippen molar-refractivity contribution in [2.24, 2.45) is 11.3 Å². The lowest BCUT2D eigenvalue weighted by atomic mass is 9.78. The molecule has 0 aromatic carbocycles. The van der Waals surface area contributed by atoms with Crippen LogP contribution >= 0.6 is 0 Å². The number of rotatable bonds is 1. The number of nitrogens with one attached hydrogen (secondary N) is 1. The third kappa shape index (κ3) is 1.42. The van der Waals surface area contributed by atoms with Gasteiger partial charge in [0.05, 0.1) is 17.4 Å². The Bertz CT molecular complexity index is 364. The highest BCUT2D eigenvalue weighted by molar-refractivity contribution is 7.91. The molecule has 2 rings (SSSR count). The van der Waals surface area contributed by atoms with Crippen LogP contribution in [0.15, 0.2) is 0 Å². The molecule has 2 aliphatic rings. The number of sulfone groups is 1. The largest absolute Gasteiger partial charge is 0.481 e. The Hall–Kier alpha value is -0.620. The molecule has 80 valence electrons. The first-order valence-corrected chi connectivity index (χ1v) is 6.41. The number of carboxylic acids is 1. The molecule has 2 fully saturated rings. The van der Waals surface area contributed by atoms with Crippen LogP contribution < -0.4 is 5.32 Å². The second-order valence-corrected chi connectivity index (χ2v) is 6.41. The van der Waals surface area contributed by atoms with Crippen molar-refractivity contribution in [3.05, 3.63) is 0 Å². The summed E-state index contributed by atoms with van der Waals surface area (Å²) in [5, 5.41) is 12.0. The second-order valence-electron chi connectivity index (χ2n) is 4.23. The Morgan fingerprint density at radius 3 is 2.71 bits per heavy atom. The summed E-state index contributed by atoms with van der Waals surface area (Å²) in [6.07, 6.45) is 0.485. The fourth-order valence-electron chi connectivity index (χ4n) is 2.51. The summed E-state index contributed by atoms with van der Waals surface area (Å²) in [6.45, 7) is 0.911. The van der Waals surface area contributed by atoms with Crippen molar-refractivity contribution in [1.29, 1.82) is 0 Å². The quantitative estimate of drug-likeness (QED) is 0.597. The molecule has 0 aromatic rings. The normalized spacial score (nSPS) is 40.4. The van der Waals surface area contributed by atoms with E-state index in [1.165, 1.54) is 0 Å². The van der Waals surface area contributed by atoms with Gasteiger partial charge < -0.3 is 10.4 Å². The molecule has 2 unspecified atom stereocenters. The number of carboxylic acid groups (broad SMARTS) is 1. The van der Waals surface area contributed by atoms with E-state index in [-0.39, 0.29) is 11.5 Å². The first-order valence-electron chi connectivity index (χ1n) is 4.59. The summed E-state index contributed by atoms with van der Waals surface area (Å²) < 4.78 is 22.7. The molecule has 0 aliphatic carbocycles. The molecule has 0 amide bonds. The van der Waals surface area contributed by atoms with E-state index in [0.717, 1.165) is 0 Å². The Balaban J connectivity index is 2.28. The monoisotopic (exact) mass is 219 g/mol. The lowest BCUT2D eigenvalue weighted by molar-refractivity contribution is -0.144. The van der Waals surface area contributed by atoms with Crippen LogP contribution in [0.5, 0.6) is 0 Å². The van der Waals surface area contributed by atoms with E-state index >= 15 is 0 Å². The molecule has 0 radical (unpaired) electrons. The van der Waals surface area contributed by atoms with Gasteiger partial charge in [-0.3, -0.25) is 4.79 Å². The van der Waals surface area contributed by atoms with Gasteiger partial charge in [0.1, 0.15) is 0 Å². The van der Waals surface area contributed by atoms with Crippen molar-refractivity contribution in [3.8, 4) is 0 Å². The standard InChI is InChI=1S/C8H13NO4S/c10-7(11)6-3-9-4-8(6)1-2-14(12,13)5-8/h6,9H,1-5H2,(H,10,11). The van der Waals surface area contributed by atoms with Gasteiger partial charge in [-0.05, 0) is 6.42 Å². The summed E-state index contributed by atoms with van der Waals surface area (Å²) in [6, 6.07) is 0. The average molecular weight is 219 g/mol. The van der Waals surface area contributed by atoms with Crippen molar-refractivity contribution in [2.75, 3.05) is 24.6 Å². The lowest BCUT2D eigenvalue weighted by Gasteiger charge is -2.24. The second kappa shape index (κ2) is 2.93. The predicted molar refractivity (Wildman–Crippen MR) is 49.7 cm³/mol. The molecule has 0 saturated carbocycles. The highest BCUT2D eigenvalue weighted by Gasteiger charge is 2.53. The lowest BCUT2D eigenvalue weighted by Crippen LogP contribution is -2.36. The van der Waals surface area contributed by atoms with Crippen LogP contribution in [0.1, 0.15) is 6.42 Å². The van der Waals surface area contributed by atoms with Gasteiger partial charge in [-0.1, -0.05) is 0 Å². The Morgan fingerprint density at radius 1 is 1.50 bits per heavy atom. The van der Waals surface area contributed by atoms with E-state index in [1.807, 2.05) is 0 Å². The van der Waals surface area contributed by atoms with Gasteiger partial charge in [-0.2, -0.15) is 0 Å². The predicted octanol–water partition coefficient (Wildman–Crippen LogP) is -0.905. The van der Waals surface area contributed by atoms with Crippen molar-refractivity contribution in [3.63, 3.8) is 0 Å². The Morgan fingerprint density at radius 2 is 2.21 bits per heavy atom. The molecule has 2 heterocycles. The first kappa shape index (κ1) is 9.92. The summed E-state index contributed by atoms with van der Waals surface area (Å²) in [5.41, 5.74) is -0.537. The van der Waals surface area contributed by atoms with E-state index in [9.17, 15) is 13.2 Å². The van der Waals surface area contributed by atoms with E-state index in [0.29, 0.717) is 19.5 Å². The van der Waals surface area contributed by atoms with Gasteiger partial charge in [-0.25, -0.2) is 8.42 Å². The van der Waals surface area contributed by atoms with Crippen LogP contribution in [0.25, 0.3) is 0 Å². The van der Waals surface area contributed by atoms with E-state index < -0.39 is 27.1 Å². The summed E-state index contributed by atoms with van der Waals surface area (Å²) >= 11 is 0. The van der Waals surface area contributed by atoms with Crippen LogP contribution in [0.2, 0.25) is 0 Å². The molecule has 0 bridgehead atoms. The number of carbonyl (C=O) groups is 1. The topological polar surface area (TPSA) is 83.5 Å². The van der Waals surface area contributed by atoms with Crippen LogP contribution in [0.4, 0.5) is 0 Å². The molecule has 0 aromatic heterocycles. The van der Waals surface area contributed by atoms with Gasteiger partial charge in [0.25, 0.3) is 0 Å². The van der Waals surface area contributed by atoms with E-state index in [2.05, 4.69) is 5.32 Å². The molecule has 5 nitrogen and oxygen atoms in total. The molecule has 14 heavy (non-hydrogen) atoms. The van der Waals surface area contributed by atoms with Gasteiger partial charge in [-0.15, -0.1) is 0 Å². The van der Waals surface area contributed by atoms with Gasteiger partial charge in [0.2, 0.25) is 0 Å². The van der Waals surface area contributed by atoms with Crippen LogP contribution in [0.3, 0.4) is 0 Å². The van der Waals surface area contributed by atoms with Crippen molar-refractivity contribution >= 4 is 15.8 Å². The minimum atomic E-state index is -3.01. The third-order valence-corrected chi connectivity index (χ3v) is 5.12. The van der Waals surface area contributed by atoms with Crippen LogP contribution in [0, 0.1) is 11.3 Å². The fourth-order valence-corrected chi connectivity index (χ4v) is 4.70. The summed E-state index contributed by atoms with van der Waals surface area (Å²) in [7, 11) is -3.01. The molecular formula is C8H13NO4S. The number of hydrogen-bond acceptors (Lipinski definition) is 4. The maximum atomic E-state index is 11.3. The molecule has 6 heteroatoms. The smallest absolute Gasteiger partial charge is 0.308 e. The molecular weight excluding hydrogens is 206 g/mol. The zero-order valence-electron chi connectivity index (χ0n) is 7.69. The van der Waals surface area contributed by atoms with Crippen LogP contribution in [-0.2, 0) is 14.6 Å². The van der Waals surface area contributed by atoms with Crippen LogP contribution in [-0.4, -0.2) is 44.1 Å². The Labute approximate surface area is 82.4 Å². The minimum absolute atomic E-state index is 0.0317. The maximum Gasteiger partial charge on any atom is 0.308 e. The zero-order chi connectivity index (χ0) is 10.4. The average Bonchev–Trinajstić information content (AvgIpc) is 2.57. The van der Waals surface area contributed by atoms with E-state index in [4.69, 9.17) is 5.11 Å². The zero-order valence-corrected chi connectivity index (χ0v) is 8.51. The van der Waals surface area contributed by atoms with Crippen molar-refractivity contribution < 1.29 is 18.3 Å². The number of hydrogen-bond donors (Lipinski definition) is 2. The minimum Gasteiger partial charge on any atom is -0.481 e. The van der Waals surface area contributed by atoms with Gasteiger partial charge in [0, 0.05) is 18.5 Å². The summed E-state index contributed by atoms with van der Waals surface area (Å²) in [4.78, 5) is 10.9. The fraction of sp³-hybridized carbons (Fsp3) is 0.875. The molecule has 2 saturated heterocycles. The number of aliphatic carboxylic acids is 1. The molecule has 2 atom stereocenters. The third-order valence-electron chi connectivity index (χ3n) is 3.28. The first-order chi connectivity index (χ1) is 6.45. The van der Waals surface area contributed by atoms with E-state index in [1.54, 1.807) is 0 Å².